The van der Waals surface area contributed by atoms with E-state index in [9.17, 15) is 4.79 Å². The van der Waals surface area contributed by atoms with Gasteiger partial charge in [-0.3, -0.25) is 4.79 Å². The highest BCUT2D eigenvalue weighted by molar-refractivity contribution is 6.63. The van der Waals surface area contributed by atoms with Gasteiger partial charge in [-0.15, -0.1) is 0 Å². The maximum atomic E-state index is 11.0. The molecule has 0 bridgehead atoms. The van der Waals surface area contributed by atoms with Gasteiger partial charge in [0.1, 0.15) is 0 Å². The summed E-state index contributed by atoms with van der Waals surface area (Å²) in [6.45, 7) is 2.30. The number of unbranched alkanes of at least 4 members (excludes halogenated alkanes) is 2. The first kappa shape index (κ1) is 17.3. The summed E-state index contributed by atoms with van der Waals surface area (Å²) in [5, 5.41) is -0.133. The summed E-state index contributed by atoms with van der Waals surface area (Å²) in [7, 11) is 0. The standard InChI is InChI=1S/C19H33ClO/c1-2-3-4-5-15-6-10-17(11-7-15)18-12-8-16(9-13-18)14-19(20)21/h15-18H,2-14H2,1H3. The second-order valence-electron chi connectivity index (χ2n) is 7.62. The van der Waals surface area contributed by atoms with Gasteiger partial charge in [0.2, 0.25) is 5.24 Å². The van der Waals surface area contributed by atoms with Gasteiger partial charge in [0.05, 0.1) is 0 Å². The lowest BCUT2D eigenvalue weighted by molar-refractivity contribution is -0.112. The Hall–Kier alpha value is -0.0400. The molecule has 21 heavy (non-hydrogen) atoms. The van der Waals surface area contributed by atoms with Gasteiger partial charge in [0.15, 0.2) is 0 Å². The molecule has 0 aliphatic heterocycles. The Bertz CT molecular complexity index is 299. The molecule has 0 heterocycles. The van der Waals surface area contributed by atoms with Gasteiger partial charge in [-0.1, -0.05) is 45.4 Å². The van der Waals surface area contributed by atoms with E-state index < -0.39 is 0 Å². The van der Waals surface area contributed by atoms with E-state index in [1.54, 1.807) is 0 Å². The van der Waals surface area contributed by atoms with E-state index in [0.717, 1.165) is 17.8 Å². The topological polar surface area (TPSA) is 17.1 Å². The zero-order chi connectivity index (χ0) is 15.1. The number of carbonyl (C=O) groups excluding carboxylic acids is 1. The van der Waals surface area contributed by atoms with Gasteiger partial charge in [-0.2, -0.15) is 0 Å². The van der Waals surface area contributed by atoms with Crippen LogP contribution in [0.2, 0.25) is 0 Å². The molecule has 0 aromatic heterocycles. The average Bonchev–Trinajstić information content (AvgIpc) is 2.49. The van der Waals surface area contributed by atoms with Crippen LogP contribution in [0, 0.1) is 23.7 Å². The molecule has 2 aliphatic rings. The van der Waals surface area contributed by atoms with Gasteiger partial charge < -0.3 is 0 Å². The lowest BCUT2D eigenvalue weighted by Gasteiger charge is -2.37. The minimum absolute atomic E-state index is 0.133. The predicted octanol–water partition coefficient (Wildman–Crippen LogP) is 6.34. The van der Waals surface area contributed by atoms with Crippen molar-refractivity contribution in [1.82, 2.24) is 0 Å². The van der Waals surface area contributed by atoms with Crippen LogP contribution in [-0.2, 0) is 4.79 Å². The molecule has 0 radical (unpaired) electrons. The second-order valence-corrected chi connectivity index (χ2v) is 8.04. The maximum absolute atomic E-state index is 11.0. The van der Waals surface area contributed by atoms with E-state index >= 15 is 0 Å². The van der Waals surface area contributed by atoms with Crippen molar-refractivity contribution in [3.8, 4) is 0 Å². The van der Waals surface area contributed by atoms with Crippen LogP contribution in [0.1, 0.15) is 90.4 Å². The number of halogens is 1. The smallest absolute Gasteiger partial charge is 0.221 e. The fourth-order valence-corrected chi connectivity index (χ4v) is 4.94. The van der Waals surface area contributed by atoms with Crippen LogP contribution in [0.4, 0.5) is 0 Å². The fraction of sp³-hybridized carbons (Fsp3) is 0.947. The van der Waals surface area contributed by atoms with E-state index in [1.165, 1.54) is 77.0 Å². The highest BCUT2D eigenvalue weighted by atomic mass is 35.5. The lowest BCUT2D eigenvalue weighted by Crippen LogP contribution is -2.26. The van der Waals surface area contributed by atoms with Gasteiger partial charge >= 0.3 is 0 Å². The molecule has 2 fully saturated rings. The molecular formula is C19H33ClO. The van der Waals surface area contributed by atoms with Gasteiger partial charge in [0.25, 0.3) is 0 Å². The summed E-state index contributed by atoms with van der Waals surface area (Å²) < 4.78 is 0. The Morgan fingerprint density at radius 2 is 1.38 bits per heavy atom. The first-order valence-corrected chi connectivity index (χ1v) is 9.75. The molecule has 0 aromatic rings. The van der Waals surface area contributed by atoms with Crippen LogP contribution in [0.3, 0.4) is 0 Å². The van der Waals surface area contributed by atoms with Gasteiger partial charge in [0, 0.05) is 6.42 Å². The third-order valence-corrected chi connectivity index (χ3v) is 6.27. The second kappa shape index (κ2) is 9.18. The van der Waals surface area contributed by atoms with Crippen LogP contribution in [-0.4, -0.2) is 5.24 Å². The van der Waals surface area contributed by atoms with E-state index in [2.05, 4.69) is 6.92 Å². The fourth-order valence-electron chi connectivity index (χ4n) is 4.72. The molecule has 0 unspecified atom stereocenters. The number of hydrogen-bond donors (Lipinski definition) is 0. The molecule has 0 saturated heterocycles. The molecule has 1 nitrogen and oxygen atoms in total. The van der Waals surface area contributed by atoms with E-state index in [0.29, 0.717) is 12.3 Å². The first-order valence-electron chi connectivity index (χ1n) is 9.37. The molecule has 2 aliphatic carbocycles. The first-order chi connectivity index (χ1) is 10.2. The van der Waals surface area contributed by atoms with Crippen LogP contribution in [0.25, 0.3) is 0 Å². The quantitative estimate of drug-likeness (QED) is 0.396. The van der Waals surface area contributed by atoms with Crippen molar-refractivity contribution >= 4 is 16.8 Å². The highest BCUT2D eigenvalue weighted by Gasteiger charge is 2.31. The predicted molar refractivity (Wildman–Crippen MR) is 90.5 cm³/mol. The van der Waals surface area contributed by atoms with Crippen LogP contribution >= 0.6 is 11.6 Å². The largest absolute Gasteiger partial charge is 0.281 e. The number of carbonyl (C=O) groups is 1. The summed E-state index contributed by atoms with van der Waals surface area (Å²) in [5.74, 6) is 3.54. The highest BCUT2D eigenvalue weighted by Crippen LogP contribution is 2.42. The van der Waals surface area contributed by atoms with Crippen molar-refractivity contribution < 1.29 is 4.79 Å². The normalized spacial score (nSPS) is 33.8. The summed E-state index contributed by atoms with van der Waals surface area (Å²) in [6, 6.07) is 0. The van der Waals surface area contributed by atoms with Crippen molar-refractivity contribution in [3.05, 3.63) is 0 Å². The molecule has 122 valence electrons. The molecule has 2 rings (SSSR count). The molecule has 0 atom stereocenters. The zero-order valence-electron chi connectivity index (χ0n) is 13.8. The van der Waals surface area contributed by atoms with E-state index in [-0.39, 0.29) is 5.24 Å². The van der Waals surface area contributed by atoms with Crippen molar-refractivity contribution in [3.63, 3.8) is 0 Å². The van der Waals surface area contributed by atoms with Crippen LogP contribution in [0.15, 0.2) is 0 Å². The molecule has 2 saturated carbocycles. The Kier molecular flexibility index (Phi) is 7.57. The van der Waals surface area contributed by atoms with Crippen molar-refractivity contribution in [2.75, 3.05) is 0 Å². The maximum Gasteiger partial charge on any atom is 0.221 e. The summed E-state index contributed by atoms with van der Waals surface area (Å²) >= 11 is 5.53. The Morgan fingerprint density at radius 1 is 0.857 bits per heavy atom. The lowest BCUT2D eigenvalue weighted by atomic mass is 9.68. The third-order valence-electron chi connectivity index (χ3n) is 6.11. The van der Waals surface area contributed by atoms with Gasteiger partial charge in [-0.25, -0.2) is 0 Å². The Balaban J connectivity index is 1.63. The molecule has 0 aromatic carbocycles. The Morgan fingerprint density at radius 3 is 1.86 bits per heavy atom. The molecule has 2 heteroatoms. The number of rotatable bonds is 7. The SMILES string of the molecule is CCCCCC1CCC(C2CCC(CC(=O)Cl)CC2)CC1. The minimum atomic E-state index is -0.133. The molecule has 0 spiro atoms. The van der Waals surface area contributed by atoms with Gasteiger partial charge in [-0.05, 0) is 73.8 Å². The summed E-state index contributed by atoms with van der Waals surface area (Å²) in [5.41, 5.74) is 0. The minimum Gasteiger partial charge on any atom is -0.281 e. The van der Waals surface area contributed by atoms with E-state index in [4.69, 9.17) is 11.6 Å². The molecule has 0 N–H and O–H groups in total. The Labute approximate surface area is 136 Å². The van der Waals surface area contributed by atoms with Crippen molar-refractivity contribution in [2.45, 2.75) is 90.4 Å². The van der Waals surface area contributed by atoms with Crippen LogP contribution < -0.4 is 0 Å². The molecule has 0 amide bonds. The zero-order valence-corrected chi connectivity index (χ0v) is 14.5. The summed E-state index contributed by atoms with van der Waals surface area (Å²) in [6.07, 6.45) is 17.4. The van der Waals surface area contributed by atoms with Crippen molar-refractivity contribution in [2.24, 2.45) is 23.7 Å². The van der Waals surface area contributed by atoms with Crippen LogP contribution in [0.5, 0.6) is 0 Å². The summed E-state index contributed by atoms with van der Waals surface area (Å²) in [4.78, 5) is 11.0. The molecular weight excluding hydrogens is 280 g/mol. The van der Waals surface area contributed by atoms with E-state index in [1.807, 2.05) is 0 Å². The monoisotopic (exact) mass is 312 g/mol. The third kappa shape index (κ3) is 5.93. The van der Waals surface area contributed by atoms with Crippen molar-refractivity contribution in [1.29, 1.82) is 0 Å². The average molecular weight is 313 g/mol. The number of hydrogen-bond acceptors (Lipinski definition) is 1.